The van der Waals surface area contributed by atoms with E-state index in [1.165, 1.54) is 0 Å². The number of fused-ring (bicyclic) bond motifs is 4. The minimum absolute atomic E-state index is 0.0134. The topological polar surface area (TPSA) is 30.2 Å². The van der Waals surface area contributed by atoms with Gasteiger partial charge in [0.25, 0.3) is 0 Å². The number of benzene rings is 3. The Hall–Kier alpha value is -2.13. The van der Waals surface area contributed by atoms with Gasteiger partial charge in [-0.1, -0.05) is 46.3 Å². The molecule has 2 nitrogen and oxygen atoms in total. The van der Waals surface area contributed by atoms with E-state index in [0.717, 1.165) is 15.2 Å². The summed E-state index contributed by atoms with van der Waals surface area (Å²) in [5, 5.41) is 3.26. The zero-order valence-electron chi connectivity index (χ0n) is 10.4. The standard InChI is InChI=1S/C17H9BrO2/c18-11-6-8-13-15(9-11)20-17-12-4-2-1-3-10(12)5-7-14(17)16(13)19/h1-9H. The molecular weight excluding hydrogens is 316 g/mol. The van der Waals surface area contributed by atoms with Gasteiger partial charge >= 0.3 is 0 Å². The zero-order valence-corrected chi connectivity index (χ0v) is 12.0. The monoisotopic (exact) mass is 324 g/mol. The Morgan fingerprint density at radius 2 is 1.65 bits per heavy atom. The molecule has 0 unspecified atom stereocenters. The number of rotatable bonds is 0. The third-order valence-corrected chi connectivity index (χ3v) is 4.02. The van der Waals surface area contributed by atoms with Crippen molar-refractivity contribution in [3.8, 4) is 0 Å². The highest BCUT2D eigenvalue weighted by molar-refractivity contribution is 9.10. The molecule has 0 N–H and O–H groups in total. The molecule has 4 rings (SSSR count). The van der Waals surface area contributed by atoms with Crippen LogP contribution in [0.25, 0.3) is 32.7 Å². The summed E-state index contributed by atoms with van der Waals surface area (Å²) in [7, 11) is 0. The van der Waals surface area contributed by atoms with Gasteiger partial charge in [0, 0.05) is 9.86 Å². The van der Waals surface area contributed by atoms with E-state index in [9.17, 15) is 4.79 Å². The molecule has 0 aliphatic rings. The van der Waals surface area contributed by atoms with Crippen molar-refractivity contribution in [2.75, 3.05) is 0 Å². The van der Waals surface area contributed by atoms with E-state index in [1.54, 1.807) is 6.07 Å². The molecule has 1 heterocycles. The van der Waals surface area contributed by atoms with Crippen LogP contribution in [0.1, 0.15) is 0 Å². The van der Waals surface area contributed by atoms with Crippen molar-refractivity contribution in [3.63, 3.8) is 0 Å². The van der Waals surface area contributed by atoms with Crippen molar-refractivity contribution < 1.29 is 4.42 Å². The van der Waals surface area contributed by atoms with Crippen LogP contribution in [0.2, 0.25) is 0 Å². The average molecular weight is 325 g/mol. The SMILES string of the molecule is O=c1c2ccc(Br)cc2oc2c1ccc1ccccc12. The van der Waals surface area contributed by atoms with E-state index in [0.29, 0.717) is 21.9 Å². The maximum absolute atomic E-state index is 12.6. The first-order valence-corrected chi connectivity index (χ1v) is 7.07. The molecule has 1 aromatic heterocycles. The van der Waals surface area contributed by atoms with E-state index < -0.39 is 0 Å². The Kier molecular flexibility index (Phi) is 2.44. The Balaban J connectivity index is 2.32. The second-order valence-electron chi connectivity index (χ2n) is 4.74. The van der Waals surface area contributed by atoms with Crippen LogP contribution in [-0.2, 0) is 0 Å². The summed E-state index contributed by atoms with van der Waals surface area (Å²) in [6.45, 7) is 0. The van der Waals surface area contributed by atoms with Crippen molar-refractivity contribution >= 4 is 48.6 Å². The Morgan fingerprint density at radius 1 is 0.850 bits per heavy atom. The minimum atomic E-state index is 0.0134. The number of hydrogen-bond acceptors (Lipinski definition) is 2. The van der Waals surface area contributed by atoms with E-state index in [2.05, 4.69) is 15.9 Å². The summed E-state index contributed by atoms with van der Waals surface area (Å²) >= 11 is 3.41. The average Bonchev–Trinajstić information content (AvgIpc) is 2.47. The third-order valence-electron chi connectivity index (χ3n) is 3.52. The van der Waals surface area contributed by atoms with Gasteiger partial charge in [0.05, 0.1) is 10.8 Å². The molecule has 3 aromatic carbocycles. The molecule has 0 bridgehead atoms. The zero-order chi connectivity index (χ0) is 13.7. The number of hydrogen-bond donors (Lipinski definition) is 0. The van der Waals surface area contributed by atoms with Crippen molar-refractivity contribution in [2.45, 2.75) is 0 Å². The molecule has 0 saturated carbocycles. The lowest BCUT2D eigenvalue weighted by atomic mass is 10.1. The Labute approximate surface area is 122 Å². The maximum Gasteiger partial charge on any atom is 0.200 e. The summed E-state index contributed by atoms with van der Waals surface area (Å²) in [5.41, 5.74) is 1.27. The predicted molar refractivity (Wildman–Crippen MR) is 85.2 cm³/mol. The molecule has 20 heavy (non-hydrogen) atoms. The quantitative estimate of drug-likeness (QED) is 0.341. The Morgan fingerprint density at radius 3 is 2.55 bits per heavy atom. The highest BCUT2D eigenvalue weighted by atomic mass is 79.9. The van der Waals surface area contributed by atoms with Gasteiger partial charge in [0.15, 0.2) is 0 Å². The van der Waals surface area contributed by atoms with Crippen LogP contribution < -0.4 is 5.43 Å². The smallest absolute Gasteiger partial charge is 0.200 e. The fraction of sp³-hybridized carbons (Fsp3) is 0. The van der Waals surface area contributed by atoms with Crippen LogP contribution in [0, 0.1) is 0 Å². The fourth-order valence-corrected chi connectivity index (χ4v) is 2.90. The van der Waals surface area contributed by atoms with Crippen molar-refractivity contribution in [3.05, 3.63) is 69.3 Å². The molecule has 0 amide bonds. The summed E-state index contributed by atoms with van der Waals surface area (Å²) in [6.07, 6.45) is 0. The van der Waals surface area contributed by atoms with Crippen LogP contribution in [0.3, 0.4) is 0 Å². The van der Waals surface area contributed by atoms with E-state index >= 15 is 0 Å². The van der Waals surface area contributed by atoms with Gasteiger partial charge in [-0.2, -0.15) is 0 Å². The summed E-state index contributed by atoms with van der Waals surface area (Å²) in [4.78, 5) is 12.6. The van der Waals surface area contributed by atoms with Gasteiger partial charge in [0.2, 0.25) is 5.43 Å². The summed E-state index contributed by atoms with van der Waals surface area (Å²) < 4.78 is 6.89. The molecular formula is C17H9BrO2. The first kappa shape index (κ1) is 11.7. The molecule has 0 atom stereocenters. The molecule has 3 heteroatoms. The third kappa shape index (κ3) is 1.60. The first-order chi connectivity index (χ1) is 9.74. The number of halogens is 1. The molecule has 0 aliphatic heterocycles. The largest absolute Gasteiger partial charge is 0.455 e. The lowest BCUT2D eigenvalue weighted by Crippen LogP contribution is -2.02. The molecule has 0 spiro atoms. The van der Waals surface area contributed by atoms with Gasteiger partial charge in [-0.15, -0.1) is 0 Å². The normalized spacial score (nSPS) is 11.4. The second-order valence-corrected chi connectivity index (χ2v) is 5.65. The fourth-order valence-electron chi connectivity index (χ4n) is 2.56. The lowest BCUT2D eigenvalue weighted by molar-refractivity contribution is 0.663. The second kappa shape index (κ2) is 4.18. The minimum Gasteiger partial charge on any atom is -0.455 e. The highest BCUT2D eigenvalue weighted by Crippen LogP contribution is 2.27. The van der Waals surface area contributed by atoms with Crippen molar-refractivity contribution in [1.82, 2.24) is 0 Å². The summed E-state index contributed by atoms with van der Waals surface area (Å²) in [6, 6.07) is 17.2. The van der Waals surface area contributed by atoms with E-state index in [1.807, 2.05) is 48.5 Å². The van der Waals surface area contributed by atoms with Gasteiger partial charge in [-0.05, 0) is 29.7 Å². The van der Waals surface area contributed by atoms with Crippen LogP contribution in [-0.4, -0.2) is 0 Å². The van der Waals surface area contributed by atoms with Gasteiger partial charge in [-0.25, -0.2) is 0 Å². The predicted octanol–water partition coefficient (Wildman–Crippen LogP) is 4.86. The molecule has 4 aromatic rings. The molecule has 0 aliphatic carbocycles. The molecule has 0 radical (unpaired) electrons. The molecule has 0 saturated heterocycles. The van der Waals surface area contributed by atoms with Gasteiger partial charge in [0.1, 0.15) is 11.2 Å². The van der Waals surface area contributed by atoms with Crippen LogP contribution in [0.5, 0.6) is 0 Å². The van der Waals surface area contributed by atoms with Gasteiger partial charge in [-0.3, -0.25) is 4.79 Å². The first-order valence-electron chi connectivity index (χ1n) is 6.28. The van der Waals surface area contributed by atoms with Crippen molar-refractivity contribution in [1.29, 1.82) is 0 Å². The van der Waals surface area contributed by atoms with E-state index in [4.69, 9.17) is 4.42 Å². The van der Waals surface area contributed by atoms with E-state index in [-0.39, 0.29) is 5.43 Å². The lowest BCUT2D eigenvalue weighted by Gasteiger charge is -2.05. The molecule has 0 fully saturated rings. The van der Waals surface area contributed by atoms with Crippen LogP contribution in [0.4, 0.5) is 0 Å². The maximum atomic E-state index is 12.6. The van der Waals surface area contributed by atoms with Crippen molar-refractivity contribution in [2.24, 2.45) is 0 Å². The highest BCUT2D eigenvalue weighted by Gasteiger charge is 2.10. The van der Waals surface area contributed by atoms with Crippen LogP contribution in [0.15, 0.2) is 68.3 Å². The van der Waals surface area contributed by atoms with Gasteiger partial charge < -0.3 is 4.42 Å². The molecule has 96 valence electrons. The summed E-state index contributed by atoms with van der Waals surface area (Å²) in [5.74, 6) is 0. The Bertz CT molecular complexity index is 1030. The van der Waals surface area contributed by atoms with Crippen LogP contribution >= 0.6 is 15.9 Å².